The highest BCUT2D eigenvalue weighted by Gasteiger charge is 2.51. The van der Waals surface area contributed by atoms with Crippen LogP contribution in [0.3, 0.4) is 0 Å². The summed E-state index contributed by atoms with van der Waals surface area (Å²) in [5.74, 6) is -3.12. The van der Waals surface area contributed by atoms with E-state index in [1.54, 1.807) is 6.92 Å². The summed E-state index contributed by atoms with van der Waals surface area (Å²) in [6.45, 7) is 3.45. The molecule has 2 rings (SSSR count). The minimum absolute atomic E-state index is 0.0446. The van der Waals surface area contributed by atoms with Crippen LogP contribution in [0.1, 0.15) is 38.2 Å². The quantitative estimate of drug-likeness (QED) is 0.793. The molecular weight excluding hydrogens is 280 g/mol. The van der Waals surface area contributed by atoms with Gasteiger partial charge in [-0.1, -0.05) is 56.3 Å². The third-order valence-corrected chi connectivity index (χ3v) is 4.50. The fraction of sp³-hybridized carbons (Fsp3) is 0.333. The molecule has 4 heteroatoms. The van der Waals surface area contributed by atoms with Crippen LogP contribution in [0.15, 0.2) is 42.5 Å². The maximum absolute atomic E-state index is 11.8. The number of fused-ring (bicyclic) bond motifs is 1. The largest absolute Gasteiger partial charge is 0.480 e. The predicted molar refractivity (Wildman–Crippen MR) is 85.0 cm³/mol. The van der Waals surface area contributed by atoms with Crippen molar-refractivity contribution in [2.45, 2.75) is 32.6 Å². The smallest absolute Gasteiger partial charge is 0.321 e. The summed E-state index contributed by atoms with van der Waals surface area (Å²) in [5, 5.41) is 21.2. The highest BCUT2D eigenvalue weighted by Crippen LogP contribution is 2.42. The lowest BCUT2D eigenvalue weighted by Crippen LogP contribution is -2.44. The van der Waals surface area contributed by atoms with E-state index in [-0.39, 0.29) is 6.42 Å². The molecule has 0 aliphatic heterocycles. The monoisotopic (exact) mass is 300 g/mol. The molecule has 1 atom stereocenters. The molecule has 0 heterocycles. The molecule has 2 aromatic rings. The maximum Gasteiger partial charge on any atom is 0.321 e. The van der Waals surface area contributed by atoms with Crippen molar-refractivity contribution in [3.8, 4) is 0 Å². The molecule has 0 spiro atoms. The Morgan fingerprint density at radius 2 is 1.59 bits per heavy atom. The van der Waals surface area contributed by atoms with Gasteiger partial charge in [-0.15, -0.1) is 0 Å². The first-order valence-electron chi connectivity index (χ1n) is 7.42. The van der Waals surface area contributed by atoms with Gasteiger partial charge >= 0.3 is 11.9 Å². The minimum atomic E-state index is -1.79. The third-order valence-electron chi connectivity index (χ3n) is 4.50. The fourth-order valence-electron chi connectivity index (χ4n) is 3.23. The van der Waals surface area contributed by atoms with Crippen molar-refractivity contribution in [3.05, 3.63) is 48.0 Å². The zero-order valence-corrected chi connectivity index (χ0v) is 12.7. The molecular formula is C18H20O4. The Hall–Kier alpha value is -2.36. The lowest BCUT2D eigenvalue weighted by Gasteiger charge is -2.32. The first-order valence-corrected chi connectivity index (χ1v) is 7.42. The topological polar surface area (TPSA) is 74.6 Å². The Kier molecular flexibility index (Phi) is 4.50. The van der Waals surface area contributed by atoms with E-state index in [1.807, 2.05) is 49.4 Å². The van der Waals surface area contributed by atoms with E-state index in [4.69, 9.17) is 0 Å². The zero-order valence-electron chi connectivity index (χ0n) is 12.7. The first-order chi connectivity index (χ1) is 10.5. The number of carbonyl (C=O) groups is 2. The molecule has 0 aromatic heterocycles. The summed E-state index contributed by atoms with van der Waals surface area (Å²) < 4.78 is 0. The molecule has 0 amide bonds. The van der Waals surface area contributed by atoms with E-state index < -0.39 is 23.3 Å². The molecule has 116 valence electrons. The van der Waals surface area contributed by atoms with Crippen molar-refractivity contribution >= 4 is 22.7 Å². The number of hydrogen-bond donors (Lipinski definition) is 2. The van der Waals surface area contributed by atoms with Gasteiger partial charge in [-0.25, -0.2) is 0 Å². The third kappa shape index (κ3) is 2.45. The van der Waals surface area contributed by atoms with Gasteiger partial charge in [0.25, 0.3) is 0 Å². The molecule has 1 unspecified atom stereocenters. The van der Waals surface area contributed by atoms with Crippen molar-refractivity contribution in [3.63, 3.8) is 0 Å². The molecule has 0 bridgehead atoms. The summed E-state index contributed by atoms with van der Waals surface area (Å²) in [5.41, 5.74) is -1.04. The Morgan fingerprint density at radius 3 is 2.09 bits per heavy atom. The molecule has 0 aliphatic carbocycles. The van der Waals surface area contributed by atoms with E-state index >= 15 is 0 Å². The molecule has 4 nitrogen and oxygen atoms in total. The number of aliphatic carboxylic acids is 2. The van der Waals surface area contributed by atoms with E-state index in [9.17, 15) is 19.8 Å². The van der Waals surface area contributed by atoms with Gasteiger partial charge in [-0.05, 0) is 29.2 Å². The lowest BCUT2D eigenvalue weighted by atomic mass is 9.68. The number of hydrogen-bond acceptors (Lipinski definition) is 2. The average Bonchev–Trinajstić information content (AvgIpc) is 2.51. The number of rotatable bonds is 6. The van der Waals surface area contributed by atoms with Gasteiger partial charge in [-0.2, -0.15) is 0 Å². The SMILES string of the molecule is CCC(c1ccc2ccccc2c1)C(CC)(C(=O)O)C(=O)O. The van der Waals surface area contributed by atoms with Crippen molar-refractivity contribution in [2.75, 3.05) is 0 Å². The van der Waals surface area contributed by atoms with Crippen LogP contribution >= 0.6 is 0 Å². The Bertz CT molecular complexity index is 691. The van der Waals surface area contributed by atoms with Crippen LogP contribution < -0.4 is 0 Å². The fourth-order valence-corrected chi connectivity index (χ4v) is 3.23. The van der Waals surface area contributed by atoms with E-state index in [1.165, 1.54) is 0 Å². The van der Waals surface area contributed by atoms with Crippen LogP contribution in [0.2, 0.25) is 0 Å². The highest BCUT2D eigenvalue weighted by atomic mass is 16.4. The normalized spacial score (nSPS) is 13.0. The summed E-state index contributed by atoms with van der Waals surface area (Å²) in [7, 11) is 0. The van der Waals surface area contributed by atoms with Gasteiger partial charge < -0.3 is 10.2 Å². The van der Waals surface area contributed by atoms with Crippen LogP contribution in [0.5, 0.6) is 0 Å². The zero-order chi connectivity index (χ0) is 16.3. The highest BCUT2D eigenvalue weighted by molar-refractivity contribution is 5.99. The van der Waals surface area contributed by atoms with Gasteiger partial charge in [0.05, 0.1) is 0 Å². The average molecular weight is 300 g/mol. The molecule has 2 aromatic carbocycles. The summed E-state index contributed by atoms with van der Waals surface area (Å²) >= 11 is 0. The summed E-state index contributed by atoms with van der Waals surface area (Å²) in [6.07, 6.45) is 0.494. The van der Waals surface area contributed by atoms with Gasteiger partial charge in [0, 0.05) is 5.92 Å². The molecule has 0 fully saturated rings. The van der Waals surface area contributed by atoms with Crippen molar-refractivity contribution in [1.29, 1.82) is 0 Å². The minimum Gasteiger partial charge on any atom is -0.480 e. The van der Waals surface area contributed by atoms with Crippen molar-refractivity contribution < 1.29 is 19.8 Å². The molecule has 0 saturated heterocycles. The summed E-state index contributed by atoms with van der Waals surface area (Å²) in [6, 6.07) is 13.4. The second-order valence-corrected chi connectivity index (χ2v) is 5.50. The Labute approximate surface area is 129 Å². The predicted octanol–water partition coefficient (Wildman–Crippen LogP) is 3.90. The van der Waals surface area contributed by atoms with Crippen LogP contribution in [-0.4, -0.2) is 22.2 Å². The lowest BCUT2D eigenvalue weighted by molar-refractivity contribution is -0.167. The summed E-state index contributed by atoms with van der Waals surface area (Å²) in [4.78, 5) is 23.5. The Morgan fingerprint density at radius 1 is 1.00 bits per heavy atom. The van der Waals surface area contributed by atoms with Crippen LogP contribution in [-0.2, 0) is 9.59 Å². The van der Waals surface area contributed by atoms with Crippen LogP contribution in [0.4, 0.5) is 0 Å². The van der Waals surface area contributed by atoms with Crippen molar-refractivity contribution in [2.24, 2.45) is 5.41 Å². The number of carboxylic acids is 2. The number of carboxylic acid groups (broad SMARTS) is 2. The molecule has 0 radical (unpaired) electrons. The van der Waals surface area contributed by atoms with Crippen molar-refractivity contribution in [1.82, 2.24) is 0 Å². The maximum atomic E-state index is 11.8. The molecule has 2 N–H and O–H groups in total. The second-order valence-electron chi connectivity index (χ2n) is 5.50. The molecule has 22 heavy (non-hydrogen) atoms. The van der Waals surface area contributed by atoms with Gasteiger partial charge in [0.2, 0.25) is 0 Å². The number of benzene rings is 2. The molecule has 0 saturated carbocycles. The van der Waals surface area contributed by atoms with Gasteiger partial charge in [0.15, 0.2) is 5.41 Å². The van der Waals surface area contributed by atoms with E-state index in [0.29, 0.717) is 6.42 Å². The van der Waals surface area contributed by atoms with E-state index in [2.05, 4.69) is 0 Å². The first kappa shape index (κ1) is 16.0. The van der Waals surface area contributed by atoms with Crippen LogP contribution in [0.25, 0.3) is 10.8 Å². The van der Waals surface area contributed by atoms with E-state index in [0.717, 1.165) is 16.3 Å². The van der Waals surface area contributed by atoms with Crippen LogP contribution in [0, 0.1) is 5.41 Å². The second kappa shape index (κ2) is 6.18. The molecule has 0 aliphatic rings. The standard InChI is InChI=1S/C18H20O4/c1-3-15(18(4-2,16(19)20)17(21)22)14-10-9-12-7-5-6-8-13(12)11-14/h5-11,15H,3-4H2,1-2H3,(H,19,20)(H,21,22). The van der Waals surface area contributed by atoms with Gasteiger partial charge in [-0.3, -0.25) is 9.59 Å². The van der Waals surface area contributed by atoms with Gasteiger partial charge in [0.1, 0.15) is 0 Å². The Balaban J connectivity index is 2.61.